The molecular weight excluding hydrogens is 665 g/mol. The van der Waals surface area contributed by atoms with Gasteiger partial charge in [0.25, 0.3) is 0 Å². The van der Waals surface area contributed by atoms with E-state index in [1.54, 1.807) is 0 Å². The van der Waals surface area contributed by atoms with Crippen LogP contribution in [0.25, 0.3) is 88.7 Å². The van der Waals surface area contributed by atoms with E-state index in [9.17, 15) is 0 Å². The van der Waals surface area contributed by atoms with Crippen LogP contribution in [0.1, 0.15) is 0 Å². The van der Waals surface area contributed by atoms with Crippen molar-refractivity contribution in [1.29, 1.82) is 0 Å². The molecule has 0 unspecified atom stereocenters. The summed E-state index contributed by atoms with van der Waals surface area (Å²) in [6.45, 7) is 0. The summed E-state index contributed by atoms with van der Waals surface area (Å²) in [7, 11) is 0. The Morgan fingerprint density at radius 2 is 1.02 bits per heavy atom. The third-order valence-electron chi connectivity index (χ3n) is 10.3. The van der Waals surface area contributed by atoms with Crippen LogP contribution in [0.2, 0.25) is 0 Å². The van der Waals surface area contributed by atoms with Crippen LogP contribution in [0.3, 0.4) is 0 Å². The Kier molecular flexibility index (Phi) is 6.79. The highest BCUT2D eigenvalue weighted by molar-refractivity contribution is 6.15. The molecule has 0 spiro atoms. The number of aromatic nitrogens is 1. The van der Waals surface area contributed by atoms with E-state index in [0.29, 0.717) is 11.5 Å². The molecule has 0 atom stereocenters. The maximum Gasteiger partial charge on any atom is 0.227 e. The third kappa shape index (κ3) is 4.90. The van der Waals surface area contributed by atoms with E-state index in [2.05, 4.69) is 120 Å². The van der Waals surface area contributed by atoms with E-state index < -0.39 is 0 Å². The zero-order chi connectivity index (χ0) is 35.6. The first-order valence-corrected chi connectivity index (χ1v) is 18.0. The number of hydrogen-bond acceptors (Lipinski definition) is 5. The Balaban J connectivity index is 1.04. The maximum absolute atomic E-state index is 6.57. The number of hydrogen-bond donors (Lipinski definition) is 0. The highest BCUT2D eigenvalue weighted by Gasteiger charge is 2.21. The Bertz CT molecular complexity index is 3140. The average molecular weight is 695 g/mol. The van der Waals surface area contributed by atoms with Crippen LogP contribution >= 0.6 is 0 Å². The van der Waals surface area contributed by atoms with Crippen molar-refractivity contribution in [2.24, 2.45) is 0 Å². The van der Waals surface area contributed by atoms with Gasteiger partial charge in [-0.1, -0.05) is 115 Å². The first-order valence-electron chi connectivity index (χ1n) is 18.0. The second-order valence-electron chi connectivity index (χ2n) is 13.5. The van der Waals surface area contributed by atoms with Crippen LogP contribution < -0.4 is 4.90 Å². The summed E-state index contributed by atoms with van der Waals surface area (Å²) >= 11 is 0. The van der Waals surface area contributed by atoms with E-state index in [4.69, 9.17) is 18.2 Å². The van der Waals surface area contributed by atoms with Gasteiger partial charge in [-0.2, -0.15) is 0 Å². The molecule has 5 heteroatoms. The second kappa shape index (κ2) is 12.1. The summed E-state index contributed by atoms with van der Waals surface area (Å²) < 4.78 is 19.2. The minimum absolute atomic E-state index is 0.593. The minimum Gasteiger partial charge on any atom is -0.456 e. The molecule has 11 aromatic rings. The van der Waals surface area contributed by atoms with Gasteiger partial charge in [-0.25, -0.2) is 4.98 Å². The highest BCUT2D eigenvalue weighted by Crippen LogP contribution is 2.44. The Hall–Kier alpha value is -7.37. The summed E-state index contributed by atoms with van der Waals surface area (Å²) in [5, 5.41) is 4.23. The number of fused-ring (bicyclic) bond motifs is 7. The molecule has 0 saturated heterocycles. The fourth-order valence-corrected chi connectivity index (χ4v) is 7.75. The van der Waals surface area contributed by atoms with Gasteiger partial charge in [-0.3, -0.25) is 0 Å². The SMILES string of the molecule is c1ccc(-c2ccc(N(c3ccc(-c4cccc5oc6cc7oc(-c8ccccc8)nc7cc6c45)cc3)c3cccc4c3oc3ccccc34)cc2)cc1. The van der Waals surface area contributed by atoms with Gasteiger partial charge in [-0.05, 0) is 82.9 Å². The van der Waals surface area contributed by atoms with Crippen LogP contribution in [0.5, 0.6) is 0 Å². The molecule has 0 aliphatic heterocycles. The Labute approximate surface area is 309 Å². The van der Waals surface area contributed by atoms with Crippen molar-refractivity contribution >= 4 is 72.0 Å². The van der Waals surface area contributed by atoms with Gasteiger partial charge in [0.15, 0.2) is 11.2 Å². The zero-order valence-corrected chi connectivity index (χ0v) is 28.9. The summed E-state index contributed by atoms with van der Waals surface area (Å²) in [6, 6.07) is 62.8. The van der Waals surface area contributed by atoms with Crippen LogP contribution in [0.15, 0.2) is 195 Å². The smallest absolute Gasteiger partial charge is 0.227 e. The summed E-state index contributed by atoms with van der Waals surface area (Å²) in [5.74, 6) is 0.593. The fraction of sp³-hybridized carbons (Fsp3) is 0. The standard InChI is InChI=1S/C49H30N2O3/c1-3-11-31(12-4-1)32-21-25-35(26-22-32)51(42-18-9-17-39-38-15-7-8-19-43(38)53-48(39)42)36-27-23-33(24-28-36)37-16-10-20-44-47(37)40-29-41-46(30-45(40)52-44)54-49(50-41)34-13-5-2-6-14-34/h1-30H. The van der Waals surface area contributed by atoms with Gasteiger partial charge >= 0.3 is 0 Å². The summed E-state index contributed by atoms with van der Waals surface area (Å²) in [4.78, 5) is 7.13. The molecule has 254 valence electrons. The first kappa shape index (κ1) is 30.3. The van der Waals surface area contributed by atoms with Gasteiger partial charge in [0.1, 0.15) is 22.3 Å². The van der Waals surface area contributed by atoms with Crippen LogP contribution in [-0.2, 0) is 0 Å². The number of rotatable bonds is 6. The monoisotopic (exact) mass is 694 g/mol. The predicted octanol–water partition coefficient (Wildman–Crippen LogP) is 14.1. The maximum atomic E-state index is 6.57. The number of furan rings is 2. The number of benzene rings is 8. The van der Waals surface area contributed by atoms with Crippen LogP contribution in [0, 0.1) is 0 Å². The fourth-order valence-electron chi connectivity index (χ4n) is 7.75. The highest BCUT2D eigenvalue weighted by atomic mass is 16.4. The molecule has 0 aliphatic carbocycles. The number of para-hydroxylation sites is 2. The van der Waals surface area contributed by atoms with Gasteiger partial charge in [0.05, 0.1) is 5.69 Å². The molecule has 3 heterocycles. The van der Waals surface area contributed by atoms with Crippen molar-refractivity contribution < 1.29 is 13.3 Å². The molecule has 0 N–H and O–H groups in total. The average Bonchev–Trinajstić information content (AvgIpc) is 3.94. The van der Waals surface area contributed by atoms with Crippen LogP contribution in [0.4, 0.5) is 17.1 Å². The van der Waals surface area contributed by atoms with E-state index >= 15 is 0 Å². The lowest BCUT2D eigenvalue weighted by atomic mass is 9.98. The quantitative estimate of drug-likeness (QED) is 0.173. The molecule has 8 aromatic carbocycles. The molecule has 5 nitrogen and oxygen atoms in total. The van der Waals surface area contributed by atoms with E-state index in [-0.39, 0.29) is 0 Å². The molecule has 11 rings (SSSR count). The molecule has 0 amide bonds. The molecule has 0 bridgehead atoms. The zero-order valence-electron chi connectivity index (χ0n) is 28.9. The Morgan fingerprint density at radius 3 is 1.80 bits per heavy atom. The molecule has 54 heavy (non-hydrogen) atoms. The molecule has 0 fully saturated rings. The van der Waals surface area contributed by atoms with Crippen molar-refractivity contribution in [3.05, 3.63) is 182 Å². The van der Waals surface area contributed by atoms with Gasteiger partial charge in [-0.15, -0.1) is 0 Å². The lowest BCUT2D eigenvalue weighted by Gasteiger charge is -2.26. The van der Waals surface area contributed by atoms with Crippen molar-refractivity contribution in [1.82, 2.24) is 4.98 Å². The molecule has 0 radical (unpaired) electrons. The Morgan fingerprint density at radius 1 is 0.389 bits per heavy atom. The number of anilines is 3. The molecule has 3 aromatic heterocycles. The van der Waals surface area contributed by atoms with E-state index in [1.807, 2.05) is 66.7 Å². The largest absolute Gasteiger partial charge is 0.456 e. The van der Waals surface area contributed by atoms with Crippen LogP contribution in [-0.4, -0.2) is 4.98 Å². The molecule has 0 saturated carbocycles. The van der Waals surface area contributed by atoms with Crippen molar-refractivity contribution in [2.75, 3.05) is 4.90 Å². The minimum atomic E-state index is 0.593. The van der Waals surface area contributed by atoms with E-state index in [0.717, 1.165) is 88.7 Å². The van der Waals surface area contributed by atoms with Crippen molar-refractivity contribution in [3.63, 3.8) is 0 Å². The van der Waals surface area contributed by atoms with Gasteiger partial charge < -0.3 is 18.2 Å². The first-order chi connectivity index (χ1) is 26.7. The second-order valence-corrected chi connectivity index (χ2v) is 13.5. The van der Waals surface area contributed by atoms with Crippen molar-refractivity contribution in [2.45, 2.75) is 0 Å². The lowest BCUT2D eigenvalue weighted by molar-refractivity contribution is 0.617. The lowest BCUT2D eigenvalue weighted by Crippen LogP contribution is -2.10. The van der Waals surface area contributed by atoms with Crippen molar-refractivity contribution in [3.8, 4) is 33.7 Å². The normalized spacial score (nSPS) is 11.7. The predicted molar refractivity (Wildman–Crippen MR) is 220 cm³/mol. The number of nitrogens with zero attached hydrogens (tertiary/aromatic N) is 2. The molecule has 0 aliphatic rings. The van der Waals surface area contributed by atoms with E-state index in [1.165, 1.54) is 5.56 Å². The summed E-state index contributed by atoms with van der Waals surface area (Å²) in [5.41, 5.74) is 13.3. The number of oxazole rings is 1. The van der Waals surface area contributed by atoms with Gasteiger partial charge in [0.2, 0.25) is 5.89 Å². The summed E-state index contributed by atoms with van der Waals surface area (Å²) in [6.07, 6.45) is 0. The topological polar surface area (TPSA) is 55.6 Å². The third-order valence-corrected chi connectivity index (χ3v) is 10.3. The van der Waals surface area contributed by atoms with Gasteiger partial charge in [0, 0.05) is 44.5 Å². The molecular formula is C49H30N2O3.